The number of aryl methyl sites for hydroxylation is 1. The summed E-state index contributed by atoms with van der Waals surface area (Å²) in [7, 11) is 0. The van der Waals surface area contributed by atoms with E-state index in [0.717, 1.165) is 6.07 Å². The average Bonchev–Trinajstić information content (AvgIpc) is 2.90. The summed E-state index contributed by atoms with van der Waals surface area (Å²) in [5.41, 5.74) is 0.447. The highest BCUT2D eigenvalue weighted by molar-refractivity contribution is 5.67. The van der Waals surface area contributed by atoms with Gasteiger partial charge in [-0.1, -0.05) is 44.4 Å². The van der Waals surface area contributed by atoms with Crippen LogP contribution in [-0.4, -0.2) is 11.7 Å². The van der Waals surface area contributed by atoms with Crippen LogP contribution in [0.2, 0.25) is 0 Å². The van der Waals surface area contributed by atoms with Gasteiger partial charge in [0, 0.05) is 5.56 Å². The van der Waals surface area contributed by atoms with E-state index in [4.69, 9.17) is 4.74 Å². The molecule has 1 aliphatic carbocycles. The molecule has 0 amide bonds. The van der Waals surface area contributed by atoms with Crippen molar-refractivity contribution in [2.75, 3.05) is 6.61 Å². The molecule has 1 N–H and O–H groups in total. The van der Waals surface area contributed by atoms with Gasteiger partial charge in [0.05, 0.1) is 6.61 Å². The minimum Gasteiger partial charge on any atom is -0.505 e. The van der Waals surface area contributed by atoms with Crippen LogP contribution in [0, 0.1) is 23.3 Å². The molecule has 3 rings (SSSR count). The fraction of sp³-hybridized carbons (Fsp3) is 0.310. The van der Waals surface area contributed by atoms with Crippen molar-refractivity contribution >= 4 is 5.57 Å². The van der Waals surface area contributed by atoms with Gasteiger partial charge in [0.2, 0.25) is 5.82 Å². The summed E-state index contributed by atoms with van der Waals surface area (Å²) >= 11 is 0. The molecule has 8 heteroatoms. The van der Waals surface area contributed by atoms with Crippen molar-refractivity contribution in [3.8, 4) is 5.75 Å². The molecule has 0 fully saturated rings. The standard InChI is InChI=1S/C29H28F6O2/c1-4-15-37-17(3)25(31)24(30)16(2)5-6-20-11-12-21(27(33)26(20)32)18-7-9-19(10-8-18)22-13-14-23(36)29(35)28(22)34/h7,11-14,19,36H,2-6,8-10,15H2,1H3/b25-24-. The third-order valence-corrected chi connectivity index (χ3v) is 6.38. The molecule has 1 atom stereocenters. The maximum atomic E-state index is 14.9. The molecule has 198 valence electrons. The van der Waals surface area contributed by atoms with E-state index in [0.29, 0.717) is 24.8 Å². The topological polar surface area (TPSA) is 29.5 Å². The monoisotopic (exact) mass is 522 g/mol. The Kier molecular flexibility index (Phi) is 9.29. The highest BCUT2D eigenvalue weighted by Crippen LogP contribution is 2.39. The van der Waals surface area contributed by atoms with Crippen LogP contribution in [0.1, 0.15) is 61.6 Å². The molecular weight excluding hydrogens is 494 g/mol. The molecule has 0 radical (unpaired) electrons. The smallest absolute Gasteiger partial charge is 0.200 e. The van der Waals surface area contributed by atoms with Gasteiger partial charge in [-0.2, -0.15) is 8.78 Å². The van der Waals surface area contributed by atoms with Crippen molar-refractivity contribution < 1.29 is 36.2 Å². The average molecular weight is 523 g/mol. The summed E-state index contributed by atoms with van der Waals surface area (Å²) < 4.78 is 91.0. The van der Waals surface area contributed by atoms with Crippen molar-refractivity contribution in [2.45, 2.75) is 51.4 Å². The maximum Gasteiger partial charge on any atom is 0.200 e. The van der Waals surface area contributed by atoms with Gasteiger partial charge in [-0.3, -0.25) is 0 Å². The first kappa shape index (κ1) is 28.2. The second-order valence-electron chi connectivity index (χ2n) is 8.91. The molecule has 0 saturated carbocycles. The molecule has 0 heterocycles. The SMILES string of the molecule is C=C(CCc1ccc(C2=CCC(c3ccc(O)c(F)c3F)CC2)c(F)c1F)/C(F)=C(/F)C(=C)OCCC. The lowest BCUT2D eigenvalue weighted by molar-refractivity contribution is 0.208. The van der Waals surface area contributed by atoms with Gasteiger partial charge in [0.1, 0.15) is 0 Å². The van der Waals surface area contributed by atoms with Crippen LogP contribution in [0.3, 0.4) is 0 Å². The second kappa shape index (κ2) is 12.2. The summed E-state index contributed by atoms with van der Waals surface area (Å²) in [6.07, 6.45) is 2.94. The van der Waals surface area contributed by atoms with E-state index < -0.39 is 46.4 Å². The Hall–Kier alpha value is -3.42. The number of halogens is 6. The number of hydrogen-bond acceptors (Lipinski definition) is 2. The van der Waals surface area contributed by atoms with Crippen LogP contribution in [0.25, 0.3) is 5.57 Å². The molecule has 2 aromatic carbocycles. The second-order valence-corrected chi connectivity index (χ2v) is 8.91. The van der Waals surface area contributed by atoms with E-state index in [1.54, 1.807) is 13.0 Å². The molecule has 0 saturated heterocycles. The Morgan fingerprint density at radius 3 is 2.35 bits per heavy atom. The lowest BCUT2D eigenvalue weighted by atomic mass is 9.82. The van der Waals surface area contributed by atoms with E-state index in [2.05, 4.69) is 13.2 Å². The summed E-state index contributed by atoms with van der Waals surface area (Å²) in [4.78, 5) is 0. The van der Waals surface area contributed by atoms with E-state index in [1.807, 2.05) is 0 Å². The van der Waals surface area contributed by atoms with Gasteiger partial charge in [0.15, 0.2) is 40.6 Å². The van der Waals surface area contributed by atoms with E-state index in [1.165, 1.54) is 18.2 Å². The van der Waals surface area contributed by atoms with Crippen molar-refractivity contribution in [2.24, 2.45) is 0 Å². The predicted octanol–water partition coefficient (Wildman–Crippen LogP) is 8.88. The Labute approximate surface area is 212 Å². The van der Waals surface area contributed by atoms with Crippen molar-refractivity contribution in [1.29, 1.82) is 0 Å². The van der Waals surface area contributed by atoms with Crippen LogP contribution >= 0.6 is 0 Å². The van der Waals surface area contributed by atoms with E-state index in [9.17, 15) is 31.4 Å². The zero-order valence-corrected chi connectivity index (χ0v) is 20.5. The fourth-order valence-electron chi connectivity index (χ4n) is 4.22. The highest BCUT2D eigenvalue weighted by Gasteiger charge is 2.25. The van der Waals surface area contributed by atoms with E-state index in [-0.39, 0.29) is 54.1 Å². The zero-order valence-electron chi connectivity index (χ0n) is 20.5. The number of allylic oxidation sites excluding steroid dienone is 5. The van der Waals surface area contributed by atoms with Crippen molar-refractivity contribution in [1.82, 2.24) is 0 Å². The molecule has 0 aromatic heterocycles. The lowest BCUT2D eigenvalue weighted by Crippen LogP contribution is -2.09. The third-order valence-electron chi connectivity index (χ3n) is 6.38. The summed E-state index contributed by atoms with van der Waals surface area (Å²) in [6.45, 7) is 8.79. The van der Waals surface area contributed by atoms with E-state index >= 15 is 0 Å². The first-order valence-electron chi connectivity index (χ1n) is 11.9. The lowest BCUT2D eigenvalue weighted by Gasteiger charge is -2.23. The molecule has 2 nitrogen and oxygen atoms in total. The van der Waals surface area contributed by atoms with Crippen LogP contribution < -0.4 is 0 Å². The summed E-state index contributed by atoms with van der Waals surface area (Å²) in [5, 5.41) is 9.31. The summed E-state index contributed by atoms with van der Waals surface area (Å²) in [5.74, 6) is -8.72. The van der Waals surface area contributed by atoms with Gasteiger partial charge >= 0.3 is 0 Å². The van der Waals surface area contributed by atoms with Gasteiger partial charge in [-0.25, -0.2) is 17.6 Å². The predicted molar refractivity (Wildman–Crippen MR) is 131 cm³/mol. The van der Waals surface area contributed by atoms with Gasteiger partial charge < -0.3 is 9.84 Å². The van der Waals surface area contributed by atoms with Gasteiger partial charge in [0.25, 0.3) is 0 Å². The molecule has 1 unspecified atom stereocenters. The maximum absolute atomic E-state index is 14.9. The van der Waals surface area contributed by atoms with Crippen LogP contribution in [0.15, 0.2) is 66.5 Å². The summed E-state index contributed by atoms with van der Waals surface area (Å²) in [6, 6.07) is 5.20. The van der Waals surface area contributed by atoms with Gasteiger partial charge in [-0.15, -0.1) is 0 Å². The van der Waals surface area contributed by atoms with Crippen LogP contribution in [0.5, 0.6) is 5.75 Å². The first-order chi connectivity index (χ1) is 17.6. The normalized spacial score (nSPS) is 16.2. The Morgan fingerprint density at radius 1 is 0.973 bits per heavy atom. The number of hydrogen-bond donors (Lipinski definition) is 1. The molecule has 37 heavy (non-hydrogen) atoms. The number of phenols is 1. The minimum absolute atomic E-state index is 0.0207. The fourth-order valence-corrected chi connectivity index (χ4v) is 4.22. The number of phenolic OH excluding ortho intramolecular Hbond substituents is 1. The Morgan fingerprint density at radius 2 is 1.70 bits per heavy atom. The molecule has 0 bridgehead atoms. The molecule has 1 aliphatic rings. The number of aromatic hydroxyl groups is 1. The Bertz CT molecular complexity index is 1260. The largest absolute Gasteiger partial charge is 0.505 e. The zero-order chi connectivity index (χ0) is 27.3. The molecule has 2 aromatic rings. The molecular formula is C29H28F6O2. The highest BCUT2D eigenvalue weighted by atomic mass is 19.2. The quantitative estimate of drug-likeness (QED) is 0.192. The third kappa shape index (κ3) is 6.29. The van der Waals surface area contributed by atoms with Crippen molar-refractivity contribution in [3.63, 3.8) is 0 Å². The number of rotatable bonds is 10. The number of benzene rings is 2. The minimum atomic E-state index is -1.31. The van der Waals surface area contributed by atoms with Gasteiger partial charge in [-0.05, 0) is 72.8 Å². The van der Waals surface area contributed by atoms with Crippen LogP contribution in [0.4, 0.5) is 26.3 Å². The molecule has 0 aliphatic heterocycles. The first-order valence-corrected chi connectivity index (χ1v) is 11.9. The molecule has 0 spiro atoms. The Balaban J connectivity index is 1.70. The van der Waals surface area contributed by atoms with Crippen molar-refractivity contribution in [3.05, 3.63) is 106 Å². The van der Waals surface area contributed by atoms with Crippen LogP contribution in [-0.2, 0) is 11.2 Å². The number of ether oxygens (including phenoxy) is 1.